The Balaban J connectivity index is 1.50. The summed E-state index contributed by atoms with van der Waals surface area (Å²) in [4.78, 5) is 17.3. The molecule has 3 aromatic rings. The zero-order chi connectivity index (χ0) is 20.1. The minimum Gasteiger partial charge on any atom is -0.386 e. The van der Waals surface area contributed by atoms with Crippen molar-refractivity contribution >= 4 is 34.8 Å². The minimum absolute atomic E-state index is 0.0829. The summed E-state index contributed by atoms with van der Waals surface area (Å²) in [5.41, 5.74) is 1.46. The number of aliphatic hydroxyl groups is 1. The number of carbonyl (C=O) groups is 1. The van der Waals surface area contributed by atoms with Crippen molar-refractivity contribution in [3.63, 3.8) is 0 Å². The van der Waals surface area contributed by atoms with E-state index in [9.17, 15) is 18.7 Å². The van der Waals surface area contributed by atoms with Crippen LogP contribution in [0, 0.1) is 18.6 Å². The molecule has 0 aliphatic carbocycles. The van der Waals surface area contributed by atoms with E-state index in [2.05, 4.69) is 15.6 Å². The van der Waals surface area contributed by atoms with Gasteiger partial charge < -0.3 is 15.7 Å². The molecule has 1 aromatic heterocycles. The predicted molar refractivity (Wildman–Crippen MR) is 106 cm³/mol. The van der Waals surface area contributed by atoms with E-state index in [1.165, 1.54) is 11.8 Å². The summed E-state index contributed by atoms with van der Waals surface area (Å²) in [6.07, 6.45) is -1.29. The van der Waals surface area contributed by atoms with Crippen LogP contribution in [0.5, 0.6) is 0 Å². The topological polar surface area (TPSA) is 74.2 Å². The average Bonchev–Trinajstić information content (AvgIpc) is 3.06. The van der Waals surface area contributed by atoms with Gasteiger partial charge in [-0.05, 0) is 37.3 Å². The van der Waals surface area contributed by atoms with Crippen molar-refractivity contribution in [3.8, 4) is 0 Å². The first kappa shape index (κ1) is 20.2. The van der Waals surface area contributed by atoms with E-state index in [1.54, 1.807) is 23.5 Å². The highest BCUT2D eigenvalue weighted by atomic mass is 32.2. The quantitative estimate of drug-likeness (QED) is 0.538. The summed E-state index contributed by atoms with van der Waals surface area (Å²) in [5.74, 6) is -1.59. The summed E-state index contributed by atoms with van der Waals surface area (Å²) in [7, 11) is 0. The molecule has 0 fully saturated rings. The minimum atomic E-state index is -1.29. The van der Waals surface area contributed by atoms with Crippen molar-refractivity contribution in [1.29, 1.82) is 0 Å². The third-order valence-electron chi connectivity index (χ3n) is 3.69. The number of benzene rings is 2. The molecule has 1 atom stereocenters. The molecule has 2 amide bonds. The number of nitrogens with zero attached hydrogens (tertiary/aromatic N) is 1. The van der Waals surface area contributed by atoms with E-state index in [0.717, 1.165) is 27.1 Å². The van der Waals surface area contributed by atoms with Crippen LogP contribution in [0.15, 0.2) is 57.1 Å². The van der Waals surface area contributed by atoms with E-state index < -0.39 is 23.8 Å². The fraction of sp³-hybridized carbons (Fsp3) is 0.158. The van der Waals surface area contributed by atoms with Crippen molar-refractivity contribution in [2.24, 2.45) is 0 Å². The highest BCUT2D eigenvalue weighted by Crippen LogP contribution is 2.30. The second-order valence-corrected chi connectivity index (χ2v) is 8.08. The van der Waals surface area contributed by atoms with Crippen LogP contribution in [0.3, 0.4) is 0 Å². The molecule has 0 saturated carbocycles. The van der Waals surface area contributed by atoms with Crippen LogP contribution in [-0.4, -0.2) is 22.7 Å². The van der Waals surface area contributed by atoms with Crippen molar-refractivity contribution in [2.45, 2.75) is 22.3 Å². The Labute approximate surface area is 168 Å². The van der Waals surface area contributed by atoms with Gasteiger partial charge in [0.1, 0.15) is 11.6 Å². The van der Waals surface area contributed by atoms with Gasteiger partial charge in [0, 0.05) is 39.8 Å². The molecule has 3 rings (SSSR count). The lowest BCUT2D eigenvalue weighted by molar-refractivity contribution is 0.170. The summed E-state index contributed by atoms with van der Waals surface area (Å²) < 4.78 is 27.5. The molecule has 146 valence electrons. The number of carbonyl (C=O) groups excluding carboxylic acids is 1. The van der Waals surface area contributed by atoms with Crippen LogP contribution in [0.4, 0.5) is 19.3 Å². The number of thiazole rings is 1. The lowest BCUT2D eigenvalue weighted by Gasteiger charge is -2.14. The molecule has 5 nitrogen and oxygen atoms in total. The summed E-state index contributed by atoms with van der Waals surface area (Å²) >= 11 is 3.10. The molecule has 0 spiro atoms. The van der Waals surface area contributed by atoms with Gasteiger partial charge in [0.2, 0.25) is 0 Å². The molecule has 9 heteroatoms. The molecule has 1 unspecified atom stereocenters. The van der Waals surface area contributed by atoms with E-state index in [4.69, 9.17) is 0 Å². The smallest absolute Gasteiger partial charge is 0.319 e. The van der Waals surface area contributed by atoms with Gasteiger partial charge in [-0.15, -0.1) is 11.3 Å². The maximum Gasteiger partial charge on any atom is 0.319 e. The van der Waals surface area contributed by atoms with Crippen LogP contribution in [0.2, 0.25) is 0 Å². The number of aromatic nitrogens is 1. The third-order valence-corrected chi connectivity index (χ3v) is 5.76. The number of nitrogens with one attached hydrogen (secondary N) is 2. The number of anilines is 1. The molecule has 2 aromatic carbocycles. The first-order valence-electron chi connectivity index (χ1n) is 8.28. The molecule has 0 aliphatic heterocycles. The number of urea groups is 1. The second kappa shape index (κ2) is 9.13. The summed E-state index contributed by atoms with van der Waals surface area (Å²) in [5, 5.41) is 17.0. The van der Waals surface area contributed by atoms with Gasteiger partial charge in [-0.2, -0.15) is 0 Å². The van der Waals surface area contributed by atoms with E-state index in [0.29, 0.717) is 11.8 Å². The Morgan fingerprint density at radius 2 is 2.00 bits per heavy atom. The van der Waals surface area contributed by atoms with Crippen LogP contribution < -0.4 is 10.6 Å². The molecular formula is C19H17F2N3O2S2. The van der Waals surface area contributed by atoms with Crippen LogP contribution in [0.25, 0.3) is 0 Å². The number of amides is 2. The lowest BCUT2D eigenvalue weighted by Crippen LogP contribution is -2.32. The van der Waals surface area contributed by atoms with Gasteiger partial charge in [-0.3, -0.25) is 0 Å². The van der Waals surface area contributed by atoms with E-state index in [-0.39, 0.29) is 12.1 Å². The van der Waals surface area contributed by atoms with Gasteiger partial charge in [-0.25, -0.2) is 18.6 Å². The molecule has 0 bridgehead atoms. The van der Waals surface area contributed by atoms with Crippen LogP contribution >= 0.6 is 23.1 Å². The first-order valence-corrected chi connectivity index (χ1v) is 9.98. The predicted octanol–water partition coefficient (Wildman–Crippen LogP) is 4.74. The molecule has 3 N–H and O–H groups in total. The third kappa shape index (κ3) is 5.51. The first-order chi connectivity index (χ1) is 13.4. The molecule has 1 heterocycles. The number of rotatable bonds is 6. The van der Waals surface area contributed by atoms with Crippen LogP contribution in [-0.2, 0) is 0 Å². The van der Waals surface area contributed by atoms with Crippen molar-refractivity contribution in [3.05, 3.63) is 70.7 Å². The highest BCUT2D eigenvalue weighted by Gasteiger charge is 2.14. The Morgan fingerprint density at radius 1 is 1.25 bits per heavy atom. The number of halogens is 2. The van der Waals surface area contributed by atoms with E-state index >= 15 is 0 Å². The molecule has 0 radical (unpaired) electrons. The fourth-order valence-electron chi connectivity index (χ4n) is 2.33. The normalized spacial score (nSPS) is 11.9. The fourth-order valence-corrected chi connectivity index (χ4v) is 4.14. The lowest BCUT2D eigenvalue weighted by atomic mass is 10.1. The molecule has 0 aliphatic rings. The van der Waals surface area contributed by atoms with Gasteiger partial charge in [-0.1, -0.05) is 17.8 Å². The van der Waals surface area contributed by atoms with Crippen molar-refractivity contribution in [2.75, 3.05) is 11.9 Å². The number of aliphatic hydroxyl groups excluding tert-OH is 1. The molecule has 0 saturated heterocycles. The summed E-state index contributed by atoms with van der Waals surface area (Å²) in [6.45, 7) is 1.72. The largest absolute Gasteiger partial charge is 0.386 e. The number of hydrogen-bond donors (Lipinski definition) is 3. The van der Waals surface area contributed by atoms with Gasteiger partial charge in [0.25, 0.3) is 0 Å². The highest BCUT2D eigenvalue weighted by molar-refractivity contribution is 8.01. The van der Waals surface area contributed by atoms with Crippen molar-refractivity contribution < 1.29 is 18.7 Å². The summed E-state index contributed by atoms with van der Waals surface area (Å²) in [6, 6.07) is 9.56. The Hall–Kier alpha value is -2.49. The zero-order valence-corrected chi connectivity index (χ0v) is 16.4. The average molecular weight is 421 g/mol. The molecular weight excluding hydrogens is 404 g/mol. The van der Waals surface area contributed by atoms with E-state index in [1.807, 2.05) is 24.4 Å². The zero-order valence-electron chi connectivity index (χ0n) is 14.8. The standard InChI is InChI=1S/C19H17F2N3O2S2/c1-11-10-27-19(23-11)28-14-5-3-13(4-6-14)24-18(26)22-9-17(25)15-7-2-12(20)8-16(15)21/h2-8,10,17,25H,9H2,1H3,(H2,22,24,26). The Kier molecular flexibility index (Phi) is 6.61. The van der Waals surface area contributed by atoms with Gasteiger partial charge >= 0.3 is 6.03 Å². The van der Waals surface area contributed by atoms with Crippen molar-refractivity contribution in [1.82, 2.24) is 10.3 Å². The number of aryl methyl sites for hydroxylation is 1. The maximum atomic E-state index is 13.6. The second-order valence-electron chi connectivity index (χ2n) is 5.90. The Bertz CT molecular complexity index is 964. The maximum absolute atomic E-state index is 13.6. The number of hydrogen-bond acceptors (Lipinski definition) is 5. The monoisotopic (exact) mass is 421 g/mol. The van der Waals surface area contributed by atoms with Gasteiger partial charge in [0.05, 0.1) is 6.10 Å². The van der Waals surface area contributed by atoms with Crippen LogP contribution in [0.1, 0.15) is 17.4 Å². The SMILES string of the molecule is Cc1csc(Sc2ccc(NC(=O)NCC(O)c3ccc(F)cc3F)cc2)n1. The Morgan fingerprint density at radius 3 is 2.64 bits per heavy atom. The van der Waals surface area contributed by atoms with Gasteiger partial charge in [0.15, 0.2) is 4.34 Å². The molecule has 28 heavy (non-hydrogen) atoms.